The van der Waals surface area contributed by atoms with Gasteiger partial charge in [-0.25, -0.2) is 4.79 Å². The number of hydrogen-bond donors (Lipinski definition) is 1. The molecule has 0 atom stereocenters. The Morgan fingerprint density at radius 1 is 1.12 bits per heavy atom. The standard InChI is InChI=1S/C18H20N2O5/c1-2-3-4-13-5-7-14(8-6-13)15(21)12-25-17(23)11-20-10-9-16(22)19-18(20)24/h5-10H,2-4,11-12H2,1H3,(H,19,22,24). The molecule has 0 fully saturated rings. The Kier molecular flexibility index (Phi) is 6.45. The second-order valence-corrected chi connectivity index (χ2v) is 5.62. The van der Waals surface area contributed by atoms with Crippen LogP contribution in [0.5, 0.6) is 0 Å². The van der Waals surface area contributed by atoms with Crippen LogP contribution in [0.25, 0.3) is 0 Å². The first-order valence-corrected chi connectivity index (χ1v) is 8.07. The van der Waals surface area contributed by atoms with Gasteiger partial charge in [0.05, 0.1) is 0 Å². The molecule has 1 N–H and O–H groups in total. The summed E-state index contributed by atoms with van der Waals surface area (Å²) >= 11 is 0. The summed E-state index contributed by atoms with van der Waals surface area (Å²) in [6, 6.07) is 8.34. The molecule has 132 valence electrons. The first kappa shape index (κ1) is 18.4. The van der Waals surface area contributed by atoms with Crippen LogP contribution in [0.1, 0.15) is 35.7 Å². The maximum atomic E-state index is 12.0. The summed E-state index contributed by atoms with van der Waals surface area (Å²) in [6.45, 7) is 1.34. The van der Waals surface area contributed by atoms with Crippen LogP contribution in [0.4, 0.5) is 0 Å². The number of nitrogens with one attached hydrogen (secondary N) is 1. The van der Waals surface area contributed by atoms with Gasteiger partial charge in [-0.3, -0.25) is 23.9 Å². The second-order valence-electron chi connectivity index (χ2n) is 5.62. The fraction of sp³-hybridized carbons (Fsp3) is 0.333. The highest BCUT2D eigenvalue weighted by Gasteiger charge is 2.11. The third-order valence-electron chi connectivity index (χ3n) is 3.66. The number of ether oxygens (including phenoxy) is 1. The summed E-state index contributed by atoms with van der Waals surface area (Å²) in [5.41, 5.74) is 0.368. The minimum atomic E-state index is -0.734. The number of aromatic amines is 1. The van der Waals surface area contributed by atoms with Crippen LogP contribution in [0, 0.1) is 0 Å². The van der Waals surface area contributed by atoms with Crippen molar-refractivity contribution in [3.63, 3.8) is 0 Å². The van der Waals surface area contributed by atoms with Gasteiger partial charge in [0, 0.05) is 17.8 Å². The van der Waals surface area contributed by atoms with Crippen molar-refractivity contribution in [2.45, 2.75) is 32.7 Å². The first-order valence-electron chi connectivity index (χ1n) is 8.07. The van der Waals surface area contributed by atoms with Crippen molar-refractivity contribution in [2.24, 2.45) is 0 Å². The number of rotatable bonds is 8. The maximum Gasteiger partial charge on any atom is 0.328 e. The molecule has 25 heavy (non-hydrogen) atoms. The SMILES string of the molecule is CCCCc1ccc(C(=O)COC(=O)Cn2ccc(=O)[nH]c2=O)cc1. The normalized spacial score (nSPS) is 10.4. The number of unbranched alkanes of at least 4 members (excludes halogenated alkanes) is 1. The average molecular weight is 344 g/mol. The summed E-state index contributed by atoms with van der Waals surface area (Å²) in [5.74, 6) is -1.05. The van der Waals surface area contributed by atoms with Crippen LogP contribution in [0.15, 0.2) is 46.1 Å². The van der Waals surface area contributed by atoms with E-state index in [0.717, 1.165) is 35.5 Å². The number of aromatic nitrogens is 2. The molecule has 0 aliphatic carbocycles. The number of carbonyl (C=O) groups excluding carboxylic acids is 2. The number of Topliss-reactive ketones (excluding diaryl/α,β-unsaturated/α-hetero) is 1. The van der Waals surface area contributed by atoms with E-state index in [1.165, 1.54) is 6.20 Å². The zero-order valence-corrected chi connectivity index (χ0v) is 14.0. The Morgan fingerprint density at radius 3 is 2.48 bits per heavy atom. The van der Waals surface area contributed by atoms with Gasteiger partial charge in [0.25, 0.3) is 5.56 Å². The fourth-order valence-corrected chi connectivity index (χ4v) is 2.22. The van der Waals surface area contributed by atoms with E-state index in [1.807, 2.05) is 17.1 Å². The highest BCUT2D eigenvalue weighted by molar-refractivity contribution is 5.97. The summed E-state index contributed by atoms with van der Waals surface area (Å²) in [7, 11) is 0. The number of hydrogen-bond acceptors (Lipinski definition) is 5. The minimum absolute atomic E-state index is 0.316. The average Bonchev–Trinajstić information content (AvgIpc) is 2.60. The molecule has 1 aromatic heterocycles. The molecule has 0 unspecified atom stereocenters. The van der Waals surface area contributed by atoms with Crippen LogP contribution in [-0.4, -0.2) is 27.9 Å². The number of aryl methyl sites for hydroxylation is 1. The Balaban J connectivity index is 1.87. The second kappa shape index (κ2) is 8.77. The third kappa shape index (κ3) is 5.56. The van der Waals surface area contributed by atoms with E-state index in [0.29, 0.717) is 5.56 Å². The molecular formula is C18H20N2O5. The van der Waals surface area contributed by atoms with Crippen molar-refractivity contribution < 1.29 is 14.3 Å². The van der Waals surface area contributed by atoms with Crippen LogP contribution < -0.4 is 11.2 Å². The molecule has 7 heteroatoms. The Bertz CT molecular complexity index is 849. The van der Waals surface area contributed by atoms with E-state index < -0.39 is 23.8 Å². The maximum absolute atomic E-state index is 12.0. The van der Waals surface area contributed by atoms with E-state index in [2.05, 4.69) is 6.92 Å². The lowest BCUT2D eigenvalue weighted by Crippen LogP contribution is -2.31. The predicted octanol–water partition coefficient (Wildman–Crippen LogP) is 1.31. The Morgan fingerprint density at radius 2 is 1.84 bits per heavy atom. The van der Waals surface area contributed by atoms with Crippen molar-refractivity contribution in [3.05, 3.63) is 68.5 Å². The largest absolute Gasteiger partial charge is 0.456 e. The summed E-state index contributed by atoms with van der Waals surface area (Å²) < 4.78 is 5.90. The zero-order chi connectivity index (χ0) is 18.2. The van der Waals surface area contributed by atoms with Gasteiger partial charge in [0.15, 0.2) is 12.4 Å². The van der Waals surface area contributed by atoms with E-state index in [4.69, 9.17) is 4.74 Å². The van der Waals surface area contributed by atoms with Crippen LogP contribution in [0.2, 0.25) is 0 Å². The molecule has 0 bridgehead atoms. The van der Waals surface area contributed by atoms with Gasteiger partial charge in [-0.05, 0) is 18.4 Å². The lowest BCUT2D eigenvalue weighted by molar-refractivity contribution is -0.143. The lowest BCUT2D eigenvalue weighted by atomic mass is 10.0. The third-order valence-corrected chi connectivity index (χ3v) is 3.66. The number of H-pyrrole nitrogens is 1. The minimum Gasteiger partial charge on any atom is -0.456 e. The van der Waals surface area contributed by atoms with Gasteiger partial charge < -0.3 is 4.74 Å². The quantitative estimate of drug-likeness (QED) is 0.575. The Hall–Kier alpha value is -2.96. The fourth-order valence-electron chi connectivity index (χ4n) is 2.22. The molecular weight excluding hydrogens is 324 g/mol. The molecule has 2 rings (SSSR count). The number of benzene rings is 1. The van der Waals surface area contributed by atoms with Gasteiger partial charge in [-0.1, -0.05) is 37.6 Å². The summed E-state index contributed by atoms with van der Waals surface area (Å²) in [5, 5.41) is 0. The molecule has 0 saturated heterocycles. The summed E-state index contributed by atoms with van der Waals surface area (Å²) in [6.07, 6.45) is 4.36. The predicted molar refractivity (Wildman–Crippen MR) is 91.7 cm³/mol. The van der Waals surface area contributed by atoms with Gasteiger partial charge in [-0.2, -0.15) is 0 Å². The van der Waals surface area contributed by atoms with E-state index >= 15 is 0 Å². The summed E-state index contributed by atoms with van der Waals surface area (Å²) in [4.78, 5) is 48.2. The van der Waals surface area contributed by atoms with Crippen molar-refractivity contribution in [1.82, 2.24) is 9.55 Å². The Labute approximate surface area is 144 Å². The van der Waals surface area contributed by atoms with E-state index in [1.54, 1.807) is 12.1 Å². The highest BCUT2D eigenvalue weighted by atomic mass is 16.5. The molecule has 0 saturated carbocycles. The smallest absolute Gasteiger partial charge is 0.328 e. The number of nitrogens with zero attached hydrogens (tertiary/aromatic N) is 1. The molecule has 0 spiro atoms. The molecule has 0 aliphatic rings. The van der Waals surface area contributed by atoms with Gasteiger partial charge in [0.1, 0.15) is 6.54 Å². The molecule has 0 amide bonds. The lowest BCUT2D eigenvalue weighted by Gasteiger charge is -2.06. The van der Waals surface area contributed by atoms with Crippen molar-refractivity contribution >= 4 is 11.8 Å². The van der Waals surface area contributed by atoms with Crippen LogP contribution in [-0.2, 0) is 22.5 Å². The number of esters is 1. The molecule has 2 aromatic rings. The van der Waals surface area contributed by atoms with Gasteiger partial charge >= 0.3 is 11.7 Å². The van der Waals surface area contributed by atoms with Crippen LogP contribution in [0.3, 0.4) is 0 Å². The molecule has 0 radical (unpaired) electrons. The topological polar surface area (TPSA) is 98.2 Å². The number of carbonyl (C=O) groups is 2. The van der Waals surface area contributed by atoms with E-state index in [9.17, 15) is 19.2 Å². The molecule has 1 heterocycles. The van der Waals surface area contributed by atoms with E-state index in [-0.39, 0.29) is 12.3 Å². The van der Waals surface area contributed by atoms with Crippen molar-refractivity contribution in [2.75, 3.05) is 6.61 Å². The molecule has 7 nitrogen and oxygen atoms in total. The zero-order valence-electron chi connectivity index (χ0n) is 14.0. The van der Waals surface area contributed by atoms with Gasteiger partial charge in [-0.15, -0.1) is 0 Å². The molecule has 1 aromatic carbocycles. The van der Waals surface area contributed by atoms with Crippen LogP contribution >= 0.6 is 0 Å². The number of ketones is 1. The highest BCUT2D eigenvalue weighted by Crippen LogP contribution is 2.08. The first-order chi connectivity index (χ1) is 12.0. The monoisotopic (exact) mass is 344 g/mol. The van der Waals surface area contributed by atoms with Crippen molar-refractivity contribution in [3.8, 4) is 0 Å². The molecule has 0 aliphatic heterocycles. The van der Waals surface area contributed by atoms with Crippen molar-refractivity contribution in [1.29, 1.82) is 0 Å². The van der Waals surface area contributed by atoms with Gasteiger partial charge in [0.2, 0.25) is 0 Å².